The topological polar surface area (TPSA) is 40.5 Å². The fourth-order valence-electron chi connectivity index (χ4n) is 7.81. The molecular formula is C31H52O2. The van der Waals surface area contributed by atoms with Crippen molar-refractivity contribution in [2.24, 2.45) is 23.2 Å². The van der Waals surface area contributed by atoms with Gasteiger partial charge in [0.2, 0.25) is 0 Å². The van der Waals surface area contributed by atoms with Crippen molar-refractivity contribution >= 4 is 0 Å². The van der Waals surface area contributed by atoms with Gasteiger partial charge in [0, 0.05) is 0 Å². The number of hydrogen-bond acceptors (Lipinski definition) is 2. The summed E-state index contributed by atoms with van der Waals surface area (Å²) in [6.45, 7) is 13.1. The van der Waals surface area contributed by atoms with E-state index < -0.39 is 0 Å². The van der Waals surface area contributed by atoms with Crippen LogP contribution in [0.3, 0.4) is 0 Å². The number of aliphatic hydroxyl groups excluding tert-OH is 1. The molecule has 4 fully saturated rings. The van der Waals surface area contributed by atoms with Crippen LogP contribution in [0.4, 0.5) is 0 Å². The van der Waals surface area contributed by atoms with Crippen LogP contribution in [0.2, 0.25) is 0 Å². The van der Waals surface area contributed by atoms with E-state index in [-0.39, 0.29) is 11.7 Å². The Morgan fingerprint density at radius 2 is 1.76 bits per heavy atom. The van der Waals surface area contributed by atoms with Gasteiger partial charge in [-0.2, -0.15) is 0 Å². The average Bonchev–Trinajstić information content (AvgIpc) is 3.39. The first kappa shape index (κ1) is 26.7. The van der Waals surface area contributed by atoms with Gasteiger partial charge in [-0.15, -0.1) is 0 Å². The number of allylic oxidation sites excluding steroid dienone is 3. The second-order valence-electron chi connectivity index (χ2n) is 11.8. The summed E-state index contributed by atoms with van der Waals surface area (Å²) in [6, 6.07) is 0. The zero-order valence-electron chi connectivity index (χ0n) is 22.2. The van der Waals surface area contributed by atoms with Crippen LogP contribution in [0, 0.1) is 23.2 Å². The van der Waals surface area contributed by atoms with E-state index >= 15 is 0 Å². The van der Waals surface area contributed by atoms with Crippen LogP contribution in [0.1, 0.15) is 124 Å². The Bertz CT molecular complexity index is 710. The Labute approximate surface area is 204 Å². The standard InChI is InChI=1S/C29H46O2.C2H6/c1-21(8-6-19-29(31)17-4-5-18-29)25-14-15-26-24(9-7-16-28(25,26)3)13-12-23-11-10-22(2)27(30)20-23;1-2/h12-13,21,25-27,30-31H,2,4-11,14-20H2,1,3H3;1-2H3/b23-12-,24-13+;/t21-,25?,26?,27+,28+;/m0./s1. The minimum absolute atomic E-state index is 0.338. The Kier molecular flexibility index (Phi) is 9.49. The molecule has 33 heavy (non-hydrogen) atoms. The third kappa shape index (κ3) is 6.23. The molecule has 0 aliphatic heterocycles. The molecule has 0 spiro atoms. The quantitative estimate of drug-likeness (QED) is 0.395. The van der Waals surface area contributed by atoms with Gasteiger partial charge in [-0.1, -0.05) is 83.3 Å². The van der Waals surface area contributed by atoms with Crippen molar-refractivity contribution in [3.8, 4) is 0 Å². The molecule has 2 N–H and O–H groups in total. The molecule has 0 radical (unpaired) electrons. The largest absolute Gasteiger partial charge is 0.390 e. The molecule has 5 atom stereocenters. The van der Waals surface area contributed by atoms with E-state index in [1.165, 1.54) is 63.4 Å². The van der Waals surface area contributed by atoms with E-state index in [2.05, 4.69) is 32.6 Å². The van der Waals surface area contributed by atoms with Crippen LogP contribution >= 0.6 is 0 Å². The number of rotatable bonds is 6. The fourth-order valence-corrected chi connectivity index (χ4v) is 7.81. The van der Waals surface area contributed by atoms with Crippen molar-refractivity contribution < 1.29 is 10.2 Å². The van der Waals surface area contributed by atoms with Gasteiger partial charge in [-0.05, 0) is 99.4 Å². The summed E-state index contributed by atoms with van der Waals surface area (Å²) < 4.78 is 0. The molecule has 4 aliphatic rings. The van der Waals surface area contributed by atoms with Gasteiger partial charge in [0.15, 0.2) is 0 Å². The maximum atomic E-state index is 10.7. The fraction of sp³-hybridized carbons (Fsp3) is 0.806. The van der Waals surface area contributed by atoms with E-state index in [9.17, 15) is 10.2 Å². The summed E-state index contributed by atoms with van der Waals surface area (Å²) in [5, 5.41) is 20.9. The maximum Gasteiger partial charge on any atom is 0.0784 e. The van der Waals surface area contributed by atoms with Crippen molar-refractivity contribution in [2.45, 2.75) is 136 Å². The molecule has 4 rings (SSSR count). The smallest absolute Gasteiger partial charge is 0.0784 e. The second-order valence-corrected chi connectivity index (χ2v) is 11.8. The monoisotopic (exact) mass is 456 g/mol. The lowest BCUT2D eigenvalue weighted by Crippen LogP contribution is -2.36. The highest BCUT2D eigenvalue weighted by atomic mass is 16.3. The highest BCUT2D eigenvalue weighted by Gasteiger charge is 2.50. The molecule has 4 saturated carbocycles. The summed E-state index contributed by atoms with van der Waals surface area (Å²) in [6.07, 6.45) is 21.9. The third-order valence-electron chi connectivity index (χ3n) is 9.79. The predicted molar refractivity (Wildman–Crippen MR) is 141 cm³/mol. The molecule has 188 valence electrons. The normalized spacial score (nSPS) is 37.0. The van der Waals surface area contributed by atoms with Gasteiger partial charge in [0.25, 0.3) is 0 Å². The molecule has 0 amide bonds. The zero-order chi connectivity index (χ0) is 24.1. The lowest BCUT2D eigenvalue weighted by molar-refractivity contribution is 0.0319. The molecule has 2 unspecified atom stereocenters. The minimum atomic E-state index is -0.339. The van der Waals surface area contributed by atoms with Crippen molar-refractivity contribution in [1.82, 2.24) is 0 Å². The van der Waals surface area contributed by atoms with Gasteiger partial charge in [0.1, 0.15) is 0 Å². The average molecular weight is 457 g/mol. The molecule has 0 saturated heterocycles. The van der Waals surface area contributed by atoms with Crippen LogP contribution in [-0.2, 0) is 0 Å². The van der Waals surface area contributed by atoms with E-state index in [0.29, 0.717) is 5.41 Å². The summed E-state index contributed by atoms with van der Waals surface area (Å²) >= 11 is 0. The van der Waals surface area contributed by atoms with Gasteiger partial charge in [0.05, 0.1) is 11.7 Å². The highest BCUT2D eigenvalue weighted by molar-refractivity contribution is 5.28. The zero-order valence-corrected chi connectivity index (χ0v) is 22.2. The second kappa shape index (κ2) is 11.7. The lowest BCUT2D eigenvalue weighted by Gasteiger charge is -2.44. The molecule has 0 aromatic carbocycles. The highest BCUT2D eigenvalue weighted by Crippen LogP contribution is 2.60. The molecule has 2 nitrogen and oxygen atoms in total. The number of aliphatic hydroxyl groups is 2. The SMILES string of the molecule is C=C1CC/C(=C/C=C2\CCC[C@@]3(C)C2CCC3[C@@H](C)CCCC2(O)CCCC2)C[C@H]1O.CC. The Morgan fingerprint density at radius 3 is 2.45 bits per heavy atom. The summed E-state index contributed by atoms with van der Waals surface area (Å²) in [5.74, 6) is 2.33. The van der Waals surface area contributed by atoms with Crippen molar-refractivity contribution in [3.63, 3.8) is 0 Å². The molecule has 0 aromatic heterocycles. The molecule has 0 bridgehead atoms. The van der Waals surface area contributed by atoms with Crippen LogP contribution in [0.5, 0.6) is 0 Å². The Balaban J connectivity index is 0.00000149. The first-order valence-electron chi connectivity index (χ1n) is 14.3. The first-order valence-corrected chi connectivity index (χ1v) is 14.3. The van der Waals surface area contributed by atoms with E-state index in [0.717, 1.165) is 61.9 Å². The molecular weight excluding hydrogens is 404 g/mol. The van der Waals surface area contributed by atoms with Crippen molar-refractivity contribution in [2.75, 3.05) is 0 Å². The van der Waals surface area contributed by atoms with Crippen molar-refractivity contribution in [3.05, 3.63) is 35.5 Å². The van der Waals surface area contributed by atoms with Crippen LogP contribution in [0.25, 0.3) is 0 Å². The van der Waals surface area contributed by atoms with Crippen LogP contribution in [0.15, 0.2) is 35.5 Å². The lowest BCUT2D eigenvalue weighted by atomic mass is 9.60. The maximum absolute atomic E-state index is 10.7. The predicted octanol–water partition coefficient (Wildman–Crippen LogP) is 8.29. The van der Waals surface area contributed by atoms with Gasteiger partial charge < -0.3 is 10.2 Å². The van der Waals surface area contributed by atoms with E-state index in [1.807, 2.05) is 13.8 Å². The van der Waals surface area contributed by atoms with E-state index in [1.54, 1.807) is 5.57 Å². The van der Waals surface area contributed by atoms with E-state index in [4.69, 9.17) is 0 Å². The number of fused-ring (bicyclic) bond motifs is 1. The van der Waals surface area contributed by atoms with Crippen LogP contribution < -0.4 is 0 Å². The molecule has 0 heterocycles. The molecule has 0 aromatic rings. The Morgan fingerprint density at radius 1 is 1.03 bits per heavy atom. The molecule has 4 aliphatic carbocycles. The molecule has 2 heteroatoms. The summed E-state index contributed by atoms with van der Waals surface area (Å²) in [4.78, 5) is 0. The van der Waals surface area contributed by atoms with Gasteiger partial charge in [-0.3, -0.25) is 0 Å². The van der Waals surface area contributed by atoms with Crippen molar-refractivity contribution in [1.29, 1.82) is 0 Å². The minimum Gasteiger partial charge on any atom is -0.390 e. The summed E-state index contributed by atoms with van der Waals surface area (Å²) in [7, 11) is 0. The van der Waals surface area contributed by atoms with Gasteiger partial charge >= 0.3 is 0 Å². The Hall–Kier alpha value is -0.860. The number of hydrogen-bond donors (Lipinski definition) is 2. The summed E-state index contributed by atoms with van der Waals surface area (Å²) in [5.41, 5.74) is 4.19. The van der Waals surface area contributed by atoms with Crippen LogP contribution in [-0.4, -0.2) is 21.9 Å². The third-order valence-corrected chi connectivity index (χ3v) is 9.79. The van der Waals surface area contributed by atoms with Gasteiger partial charge in [-0.25, -0.2) is 0 Å². The first-order chi connectivity index (χ1) is 15.8.